The smallest absolute Gasteiger partial charge is 0.264 e. The summed E-state index contributed by atoms with van der Waals surface area (Å²) in [6.07, 6.45) is 3.20. The summed E-state index contributed by atoms with van der Waals surface area (Å²) in [6, 6.07) is 19.4. The van der Waals surface area contributed by atoms with Crippen molar-refractivity contribution in [1.29, 1.82) is 5.26 Å². The van der Waals surface area contributed by atoms with Gasteiger partial charge >= 0.3 is 0 Å². The van der Waals surface area contributed by atoms with E-state index in [0.29, 0.717) is 17.7 Å². The van der Waals surface area contributed by atoms with Gasteiger partial charge in [-0.3, -0.25) is 9.59 Å². The van der Waals surface area contributed by atoms with Crippen molar-refractivity contribution in [2.45, 2.75) is 12.5 Å². The maximum Gasteiger partial charge on any atom is 0.264 e. The first-order valence-electron chi connectivity index (χ1n) is 10.4. The van der Waals surface area contributed by atoms with Gasteiger partial charge < -0.3 is 15.0 Å². The van der Waals surface area contributed by atoms with Crippen molar-refractivity contribution in [3.8, 4) is 23.3 Å². The Balaban J connectivity index is 1.60. The lowest BCUT2D eigenvalue weighted by Gasteiger charge is -2.20. The van der Waals surface area contributed by atoms with E-state index in [1.807, 2.05) is 24.3 Å². The lowest BCUT2D eigenvalue weighted by molar-refractivity contribution is 0.0934. The van der Waals surface area contributed by atoms with Crippen LogP contribution in [-0.2, 0) is 6.42 Å². The number of hydrogen-bond acceptors (Lipinski definition) is 7. The first kappa shape index (κ1) is 22.4. The molecule has 0 saturated heterocycles. The van der Waals surface area contributed by atoms with Crippen LogP contribution < -0.4 is 15.6 Å². The molecule has 2 aromatic carbocycles. The molecular weight excluding hydrogens is 432 g/mol. The monoisotopic (exact) mass is 452 g/mol. The van der Waals surface area contributed by atoms with Gasteiger partial charge in [0.25, 0.3) is 11.5 Å². The summed E-state index contributed by atoms with van der Waals surface area (Å²) in [5.74, 6) is 0.377. The van der Waals surface area contributed by atoms with E-state index in [2.05, 4.69) is 31.6 Å². The van der Waals surface area contributed by atoms with Gasteiger partial charge in [0.2, 0.25) is 0 Å². The standard InChI is InChI=1S/C25H20N6O3/c1-34-19-10-6-16(7-11-19)13-22(18-8-4-17(14-26)5-9-18)29-24(32)20-15-27-23(30-25(20)33)21-3-2-12-28-31-21/h2-12,15,22H,13H2,1H3,(H,29,32)(H,27,30,33)/t22-/m0/s1. The molecule has 0 fully saturated rings. The lowest BCUT2D eigenvalue weighted by Crippen LogP contribution is -2.34. The number of H-pyrrole nitrogens is 1. The molecule has 0 radical (unpaired) electrons. The fourth-order valence-electron chi connectivity index (χ4n) is 3.39. The summed E-state index contributed by atoms with van der Waals surface area (Å²) in [6.45, 7) is 0. The molecule has 168 valence electrons. The molecule has 34 heavy (non-hydrogen) atoms. The largest absolute Gasteiger partial charge is 0.497 e. The average Bonchev–Trinajstić information content (AvgIpc) is 2.89. The Labute approximate surface area is 195 Å². The summed E-state index contributed by atoms with van der Waals surface area (Å²) >= 11 is 0. The molecule has 0 spiro atoms. The Kier molecular flexibility index (Phi) is 6.70. The molecule has 2 N–H and O–H groups in total. The van der Waals surface area contributed by atoms with Crippen LogP contribution in [0.15, 0.2) is 77.9 Å². The third-order valence-corrected chi connectivity index (χ3v) is 5.21. The van der Waals surface area contributed by atoms with Gasteiger partial charge in [-0.15, -0.1) is 5.10 Å². The summed E-state index contributed by atoms with van der Waals surface area (Å²) in [5, 5.41) is 19.7. The van der Waals surface area contributed by atoms with Gasteiger partial charge in [-0.2, -0.15) is 10.4 Å². The number of aromatic nitrogens is 4. The minimum absolute atomic E-state index is 0.124. The molecule has 1 atom stereocenters. The molecule has 0 bridgehead atoms. The van der Waals surface area contributed by atoms with E-state index in [4.69, 9.17) is 10.00 Å². The van der Waals surface area contributed by atoms with E-state index in [0.717, 1.165) is 16.9 Å². The second kappa shape index (κ2) is 10.2. The third-order valence-electron chi connectivity index (χ3n) is 5.21. The molecular formula is C25H20N6O3. The molecule has 0 aliphatic carbocycles. The number of ether oxygens (including phenoxy) is 1. The number of nitriles is 1. The highest BCUT2D eigenvalue weighted by atomic mass is 16.5. The van der Waals surface area contributed by atoms with Crippen LogP contribution in [0.2, 0.25) is 0 Å². The third kappa shape index (κ3) is 5.14. The van der Waals surface area contributed by atoms with Gasteiger partial charge in [0.1, 0.15) is 17.0 Å². The molecule has 2 aromatic heterocycles. The molecule has 2 heterocycles. The van der Waals surface area contributed by atoms with Crippen molar-refractivity contribution in [3.05, 3.63) is 106 Å². The van der Waals surface area contributed by atoms with Crippen LogP contribution >= 0.6 is 0 Å². The van der Waals surface area contributed by atoms with Crippen LogP contribution in [0.1, 0.15) is 33.1 Å². The zero-order chi connectivity index (χ0) is 23.9. The second-order valence-corrected chi connectivity index (χ2v) is 7.40. The molecule has 4 rings (SSSR count). The normalized spacial score (nSPS) is 11.3. The van der Waals surface area contributed by atoms with Crippen LogP contribution in [0.25, 0.3) is 11.5 Å². The van der Waals surface area contributed by atoms with Gasteiger partial charge in [-0.25, -0.2) is 4.98 Å². The van der Waals surface area contributed by atoms with Crippen molar-refractivity contribution >= 4 is 5.91 Å². The van der Waals surface area contributed by atoms with E-state index in [1.165, 1.54) is 12.4 Å². The maximum absolute atomic E-state index is 13.0. The molecule has 0 unspecified atom stereocenters. The molecule has 9 heteroatoms. The van der Waals surface area contributed by atoms with Crippen molar-refractivity contribution in [3.63, 3.8) is 0 Å². The predicted molar refractivity (Wildman–Crippen MR) is 124 cm³/mol. The quantitative estimate of drug-likeness (QED) is 0.440. The van der Waals surface area contributed by atoms with Gasteiger partial charge in [-0.1, -0.05) is 24.3 Å². The van der Waals surface area contributed by atoms with Crippen molar-refractivity contribution in [1.82, 2.24) is 25.5 Å². The molecule has 0 saturated carbocycles. The zero-order valence-corrected chi connectivity index (χ0v) is 18.2. The van der Waals surface area contributed by atoms with Gasteiger partial charge in [0.15, 0.2) is 5.82 Å². The molecule has 0 aliphatic heterocycles. The van der Waals surface area contributed by atoms with Crippen LogP contribution in [0.4, 0.5) is 0 Å². The van der Waals surface area contributed by atoms with Gasteiger partial charge in [0, 0.05) is 12.4 Å². The number of carbonyl (C=O) groups excluding carboxylic acids is 1. The van der Waals surface area contributed by atoms with Crippen LogP contribution in [0, 0.1) is 11.3 Å². The van der Waals surface area contributed by atoms with Crippen LogP contribution in [0.3, 0.4) is 0 Å². The number of hydrogen-bond donors (Lipinski definition) is 2. The summed E-state index contributed by atoms with van der Waals surface area (Å²) in [4.78, 5) is 32.4. The van der Waals surface area contributed by atoms with E-state index < -0.39 is 17.5 Å². The summed E-state index contributed by atoms with van der Waals surface area (Å²) in [7, 11) is 1.59. The SMILES string of the molecule is COc1ccc(C[C@H](NC(=O)c2cnc(-c3cccnn3)[nH]c2=O)c2ccc(C#N)cc2)cc1. The topological polar surface area (TPSA) is 134 Å². The number of nitrogens with one attached hydrogen (secondary N) is 2. The van der Waals surface area contributed by atoms with Crippen molar-refractivity contribution < 1.29 is 9.53 Å². The Bertz CT molecular complexity index is 1380. The number of carbonyl (C=O) groups is 1. The number of rotatable bonds is 7. The number of methoxy groups -OCH3 is 1. The minimum Gasteiger partial charge on any atom is -0.497 e. The summed E-state index contributed by atoms with van der Waals surface area (Å²) < 4.78 is 5.21. The average molecular weight is 452 g/mol. The molecule has 1 amide bonds. The Morgan fingerprint density at radius 2 is 1.91 bits per heavy atom. The number of aromatic amines is 1. The van der Waals surface area contributed by atoms with Gasteiger partial charge in [-0.05, 0) is 53.9 Å². The van der Waals surface area contributed by atoms with E-state index >= 15 is 0 Å². The van der Waals surface area contributed by atoms with E-state index in [-0.39, 0.29) is 11.4 Å². The fraction of sp³-hybridized carbons (Fsp3) is 0.120. The number of benzene rings is 2. The van der Waals surface area contributed by atoms with E-state index in [1.54, 1.807) is 43.5 Å². The Morgan fingerprint density at radius 3 is 2.53 bits per heavy atom. The number of amides is 1. The molecule has 4 aromatic rings. The highest BCUT2D eigenvalue weighted by molar-refractivity contribution is 5.93. The molecule has 9 nitrogen and oxygen atoms in total. The van der Waals surface area contributed by atoms with Crippen molar-refractivity contribution in [2.75, 3.05) is 7.11 Å². The first-order chi connectivity index (χ1) is 16.6. The highest BCUT2D eigenvalue weighted by Crippen LogP contribution is 2.21. The second-order valence-electron chi connectivity index (χ2n) is 7.40. The highest BCUT2D eigenvalue weighted by Gasteiger charge is 2.20. The van der Waals surface area contributed by atoms with Crippen molar-refractivity contribution in [2.24, 2.45) is 0 Å². The predicted octanol–water partition coefficient (Wildman–Crippen LogP) is 2.82. The van der Waals surface area contributed by atoms with Crippen LogP contribution in [0.5, 0.6) is 5.75 Å². The molecule has 0 aliphatic rings. The number of nitrogens with zero attached hydrogens (tertiary/aromatic N) is 4. The van der Waals surface area contributed by atoms with E-state index in [9.17, 15) is 9.59 Å². The Morgan fingerprint density at radius 1 is 1.15 bits per heavy atom. The minimum atomic E-state index is -0.587. The van der Waals surface area contributed by atoms with Crippen LogP contribution in [-0.4, -0.2) is 33.2 Å². The maximum atomic E-state index is 13.0. The summed E-state index contributed by atoms with van der Waals surface area (Å²) in [5.41, 5.74) is 1.95. The lowest BCUT2D eigenvalue weighted by atomic mass is 9.97. The fourth-order valence-corrected chi connectivity index (χ4v) is 3.39. The van der Waals surface area contributed by atoms with Gasteiger partial charge in [0.05, 0.1) is 24.8 Å². The zero-order valence-electron chi connectivity index (χ0n) is 18.2. The Hall–Kier alpha value is -4.84. The first-order valence-corrected chi connectivity index (χ1v) is 10.4.